The van der Waals surface area contributed by atoms with Crippen LogP contribution in [0.4, 0.5) is 0 Å². The van der Waals surface area contributed by atoms with Gasteiger partial charge in [-0.3, -0.25) is 0 Å². The van der Waals surface area contributed by atoms with Gasteiger partial charge in [-0.15, -0.1) is 19.0 Å². The normalized spacial score (nSPS) is 11.4. The molecule has 0 aliphatic heterocycles. The molecule has 0 bridgehead atoms. The fourth-order valence-electron chi connectivity index (χ4n) is 2.47. The van der Waals surface area contributed by atoms with Crippen molar-refractivity contribution in [2.24, 2.45) is 5.73 Å². The Hall–Kier alpha value is -1.77. The Morgan fingerprint density at radius 3 is 2.27 bits per heavy atom. The monoisotopic (exact) mass is 317 g/mol. The molecule has 2 aromatic rings. The van der Waals surface area contributed by atoms with Crippen LogP contribution in [-0.2, 0) is 6.61 Å². The van der Waals surface area contributed by atoms with Crippen LogP contribution < -0.4 is 10.5 Å². The van der Waals surface area contributed by atoms with Gasteiger partial charge in [-0.25, -0.2) is 0 Å². The summed E-state index contributed by atoms with van der Waals surface area (Å²) in [6.07, 6.45) is 2.64. The lowest BCUT2D eigenvalue weighted by Crippen LogP contribution is -2.10. The zero-order chi connectivity index (χ0) is 15.2. The van der Waals surface area contributed by atoms with Gasteiger partial charge in [-0.1, -0.05) is 48.5 Å². The van der Waals surface area contributed by atoms with E-state index < -0.39 is 0 Å². The molecule has 22 heavy (non-hydrogen) atoms. The summed E-state index contributed by atoms with van der Waals surface area (Å²) in [5.74, 6) is 0.952. The third-order valence-corrected chi connectivity index (χ3v) is 3.56. The van der Waals surface area contributed by atoms with Crippen LogP contribution in [0, 0.1) is 13.8 Å². The minimum absolute atomic E-state index is 0. The first-order valence-electron chi connectivity index (χ1n) is 7.26. The van der Waals surface area contributed by atoms with Crippen LogP contribution in [0.3, 0.4) is 0 Å². The lowest BCUT2D eigenvalue weighted by atomic mass is 9.99. The standard InChI is InChI=1S/C19H23NO.ClH/c1-4-8-18(20)17-11-14(2)19(15(3)12-17)21-13-16-9-6-5-7-10-16;/h4-7,9-12,18H,1,8,13,20H2,2-3H3;1H/t18-;/m1./s1. The molecule has 3 heteroatoms. The first-order valence-corrected chi connectivity index (χ1v) is 7.26. The summed E-state index contributed by atoms with van der Waals surface area (Å²) in [6.45, 7) is 8.46. The van der Waals surface area contributed by atoms with Gasteiger partial charge in [0.05, 0.1) is 0 Å². The second-order valence-corrected chi connectivity index (χ2v) is 5.39. The van der Waals surface area contributed by atoms with Gasteiger partial charge in [-0.05, 0) is 42.5 Å². The second kappa shape index (κ2) is 8.62. The van der Waals surface area contributed by atoms with E-state index in [1.807, 2.05) is 24.3 Å². The molecule has 0 aromatic heterocycles. The van der Waals surface area contributed by atoms with E-state index in [4.69, 9.17) is 10.5 Å². The van der Waals surface area contributed by atoms with Crippen molar-refractivity contribution in [3.8, 4) is 5.75 Å². The summed E-state index contributed by atoms with van der Waals surface area (Å²) in [4.78, 5) is 0. The van der Waals surface area contributed by atoms with E-state index in [1.165, 1.54) is 5.56 Å². The van der Waals surface area contributed by atoms with E-state index in [-0.39, 0.29) is 18.4 Å². The minimum Gasteiger partial charge on any atom is -0.488 e. The van der Waals surface area contributed by atoms with Crippen molar-refractivity contribution in [1.29, 1.82) is 0 Å². The number of rotatable bonds is 6. The van der Waals surface area contributed by atoms with Crippen LogP contribution >= 0.6 is 12.4 Å². The predicted octanol–water partition coefficient (Wildman–Crippen LogP) is 4.88. The van der Waals surface area contributed by atoms with E-state index in [0.717, 1.165) is 28.9 Å². The fraction of sp³-hybridized carbons (Fsp3) is 0.263. The molecule has 0 aliphatic carbocycles. The maximum atomic E-state index is 6.15. The molecule has 0 saturated heterocycles. The lowest BCUT2D eigenvalue weighted by Gasteiger charge is -2.17. The van der Waals surface area contributed by atoms with Crippen molar-refractivity contribution >= 4 is 12.4 Å². The van der Waals surface area contributed by atoms with Gasteiger partial charge in [0.1, 0.15) is 12.4 Å². The van der Waals surface area contributed by atoms with Gasteiger partial charge in [0.2, 0.25) is 0 Å². The molecule has 0 amide bonds. The second-order valence-electron chi connectivity index (χ2n) is 5.39. The number of nitrogens with two attached hydrogens (primary N) is 1. The van der Waals surface area contributed by atoms with Crippen molar-refractivity contribution in [3.05, 3.63) is 77.4 Å². The van der Waals surface area contributed by atoms with Gasteiger partial charge < -0.3 is 10.5 Å². The summed E-state index contributed by atoms with van der Waals surface area (Å²) in [5.41, 5.74) is 10.7. The molecule has 2 N–H and O–H groups in total. The molecule has 0 unspecified atom stereocenters. The predicted molar refractivity (Wildman–Crippen MR) is 95.7 cm³/mol. The molecule has 0 aliphatic rings. The van der Waals surface area contributed by atoms with E-state index in [2.05, 4.69) is 44.7 Å². The summed E-state index contributed by atoms with van der Waals surface area (Å²) in [5, 5.41) is 0. The third-order valence-electron chi connectivity index (χ3n) is 3.56. The first kappa shape index (κ1) is 18.3. The van der Waals surface area contributed by atoms with Crippen molar-refractivity contribution < 1.29 is 4.74 Å². The molecule has 0 fully saturated rings. The van der Waals surface area contributed by atoms with Gasteiger partial charge in [0, 0.05) is 6.04 Å². The first-order chi connectivity index (χ1) is 10.1. The summed E-state index contributed by atoms with van der Waals surface area (Å²) in [7, 11) is 0. The Bertz CT molecular complexity index is 587. The molecule has 2 rings (SSSR count). The van der Waals surface area contributed by atoms with Crippen LogP contribution in [0.25, 0.3) is 0 Å². The maximum absolute atomic E-state index is 6.15. The van der Waals surface area contributed by atoms with Crippen LogP contribution in [0.5, 0.6) is 5.75 Å². The van der Waals surface area contributed by atoms with Gasteiger partial charge >= 0.3 is 0 Å². The van der Waals surface area contributed by atoms with Gasteiger partial charge in [-0.2, -0.15) is 0 Å². The molecule has 2 nitrogen and oxygen atoms in total. The van der Waals surface area contributed by atoms with Crippen molar-refractivity contribution in [3.63, 3.8) is 0 Å². The van der Waals surface area contributed by atoms with Crippen molar-refractivity contribution in [2.75, 3.05) is 0 Å². The molecular formula is C19H24ClNO. The maximum Gasteiger partial charge on any atom is 0.125 e. The quantitative estimate of drug-likeness (QED) is 0.771. The summed E-state index contributed by atoms with van der Waals surface area (Å²) >= 11 is 0. The number of benzene rings is 2. The third kappa shape index (κ3) is 4.62. The van der Waals surface area contributed by atoms with Gasteiger partial charge in [0.15, 0.2) is 0 Å². The molecule has 2 aromatic carbocycles. The molecule has 118 valence electrons. The number of halogens is 1. The topological polar surface area (TPSA) is 35.2 Å². The van der Waals surface area contributed by atoms with E-state index in [9.17, 15) is 0 Å². The van der Waals surface area contributed by atoms with E-state index >= 15 is 0 Å². The highest BCUT2D eigenvalue weighted by Gasteiger charge is 2.11. The average molecular weight is 318 g/mol. The number of ether oxygens (including phenoxy) is 1. The Morgan fingerprint density at radius 1 is 1.14 bits per heavy atom. The SMILES string of the molecule is C=CC[C@@H](N)c1cc(C)c(OCc2ccccc2)c(C)c1.Cl. The van der Waals surface area contributed by atoms with E-state index in [1.54, 1.807) is 0 Å². The Morgan fingerprint density at radius 2 is 1.73 bits per heavy atom. The molecule has 0 spiro atoms. The average Bonchev–Trinajstić information content (AvgIpc) is 2.47. The Labute approximate surface area is 139 Å². The van der Waals surface area contributed by atoms with Crippen molar-refractivity contribution in [1.82, 2.24) is 0 Å². The Balaban J connectivity index is 0.00000242. The highest BCUT2D eigenvalue weighted by Crippen LogP contribution is 2.28. The van der Waals surface area contributed by atoms with Crippen LogP contribution in [-0.4, -0.2) is 0 Å². The smallest absolute Gasteiger partial charge is 0.125 e. The zero-order valence-electron chi connectivity index (χ0n) is 13.2. The summed E-state index contributed by atoms with van der Waals surface area (Å²) in [6, 6.07) is 14.4. The Kier molecular flexibility index (Phi) is 7.16. The fourth-order valence-corrected chi connectivity index (χ4v) is 2.47. The summed E-state index contributed by atoms with van der Waals surface area (Å²) < 4.78 is 5.99. The lowest BCUT2D eigenvalue weighted by molar-refractivity contribution is 0.302. The molecule has 0 heterocycles. The molecule has 0 radical (unpaired) electrons. The molecule has 0 saturated carbocycles. The van der Waals surface area contributed by atoms with Crippen LogP contribution in [0.2, 0.25) is 0 Å². The number of hydrogen-bond acceptors (Lipinski definition) is 2. The van der Waals surface area contributed by atoms with Crippen LogP contribution in [0.15, 0.2) is 55.1 Å². The highest BCUT2D eigenvalue weighted by atomic mass is 35.5. The minimum atomic E-state index is 0. The molecule has 1 atom stereocenters. The van der Waals surface area contributed by atoms with Crippen molar-refractivity contribution in [2.45, 2.75) is 32.9 Å². The highest BCUT2D eigenvalue weighted by molar-refractivity contribution is 5.85. The largest absolute Gasteiger partial charge is 0.488 e. The van der Waals surface area contributed by atoms with E-state index in [0.29, 0.717) is 6.61 Å². The molecular weight excluding hydrogens is 294 g/mol. The number of aryl methyl sites for hydroxylation is 2. The zero-order valence-corrected chi connectivity index (χ0v) is 14.0. The van der Waals surface area contributed by atoms with Gasteiger partial charge in [0.25, 0.3) is 0 Å². The number of hydrogen-bond donors (Lipinski definition) is 1. The van der Waals surface area contributed by atoms with Crippen LogP contribution in [0.1, 0.15) is 34.7 Å².